The summed E-state index contributed by atoms with van der Waals surface area (Å²) >= 11 is 6.37. The Morgan fingerprint density at radius 3 is 2.37 bits per heavy atom. The monoisotopic (exact) mass is 409 g/mol. The molecule has 0 amide bonds. The predicted molar refractivity (Wildman–Crippen MR) is 107 cm³/mol. The average molecular weight is 410 g/mol. The highest BCUT2D eigenvalue weighted by Crippen LogP contribution is 2.23. The van der Waals surface area contributed by atoms with Gasteiger partial charge in [-0.05, 0) is 49.3 Å². The van der Waals surface area contributed by atoms with Crippen LogP contribution >= 0.6 is 11.6 Å². The van der Waals surface area contributed by atoms with Crippen molar-refractivity contribution in [3.63, 3.8) is 0 Å². The topological polar surface area (TPSA) is 72.3 Å². The smallest absolute Gasteiger partial charge is 0.242 e. The molecule has 0 aliphatic carbocycles. The third-order valence-electron chi connectivity index (χ3n) is 3.97. The third-order valence-corrected chi connectivity index (χ3v) is 6.19. The van der Waals surface area contributed by atoms with Crippen LogP contribution in [0.3, 0.4) is 0 Å². The summed E-state index contributed by atoms with van der Waals surface area (Å²) in [6, 6.07) is 5.85. The molecule has 0 unspecified atom stereocenters. The number of carbonyl (C=O) groups is 1. The molecule has 0 spiro atoms. The minimum Gasteiger partial charge on any atom is -0.289 e. The molecule has 0 atom stereocenters. The molecule has 146 valence electrons. The van der Waals surface area contributed by atoms with Gasteiger partial charge in [0.25, 0.3) is 0 Å². The maximum atomic E-state index is 12.4. The second kappa shape index (κ2) is 8.37. The molecule has 27 heavy (non-hydrogen) atoms. The molecule has 6 nitrogen and oxygen atoms in total. The van der Waals surface area contributed by atoms with Crippen LogP contribution in [0.1, 0.15) is 35.5 Å². The number of allylic oxidation sites excluding steroid dienone is 1. The summed E-state index contributed by atoms with van der Waals surface area (Å²) in [6.45, 7) is 6.69. The predicted octanol–water partition coefficient (Wildman–Crippen LogP) is 3.65. The summed E-state index contributed by atoms with van der Waals surface area (Å²) in [4.78, 5) is 12.5. The fourth-order valence-electron chi connectivity index (χ4n) is 2.48. The second-order valence-electron chi connectivity index (χ2n) is 6.88. The van der Waals surface area contributed by atoms with E-state index in [1.54, 1.807) is 10.8 Å². The number of aromatic nitrogens is 2. The first-order chi connectivity index (χ1) is 12.5. The lowest BCUT2D eigenvalue weighted by atomic mass is 10.1. The van der Waals surface area contributed by atoms with Gasteiger partial charge in [-0.3, -0.25) is 9.48 Å². The highest BCUT2D eigenvalue weighted by molar-refractivity contribution is 7.89. The molecule has 0 N–H and O–H groups in total. The van der Waals surface area contributed by atoms with Crippen molar-refractivity contribution in [3.8, 4) is 0 Å². The van der Waals surface area contributed by atoms with E-state index in [0.717, 1.165) is 10.00 Å². The fraction of sp³-hybridized carbons (Fsp3) is 0.368. The number of hydrogen-bond donors (Lipinski definition) is 0. The van der Waals surface area contributed by atoms with Gasteiger partial charge in [0.1, 0.15) is 5.15 Å². The number of rotatable bonds is 7. The van der Waals surface area contributed by atoms with Gasteiger partial charge in [-0.15, -0.1) is 0 Å². The van der Waals surface area contributed by atoms with E-state index in [9.17, 15) is 13.2 Å². The van der Waals surface area contributed by atoms with Crippen LogP contribution in [0.2, 0.25) is 5.15 Å². The first-order valence-corrected chi connectivity index (χ1v) is 10.3. The molecular weight excluding hydrogens is 386 g/mol. The van der Waals surface area contributed by atoms with E-state index in [0.29, 0.717) is 28.7 Å². The molecule has 0 bridgehead atoms. The van der Waals surface area contributed by atoms with Gasteiger partial charge in [0.2, 0.25) is 10.0 Å². The van der Waals surface area contributed by atoms with E-state index in [1.807, 2.05) is 6.92 Å². The molecule has 0 fully saturated rings. The van der Waals surface area contributed by atoms with Gasteiger partial charge in [0.05, 0.1) is 10.6 Å². The molecule has 2 aromatic rings. The fourth-order valence-corrected chi connectivity index (χ4v) is 3.69. The van der Waals surface area contributed by atoms with Crippen LogP contribution < -0.4 is 0 Å². The standard InChI is InChI=1S/C19H24ClN3O3S/c1-13(2)12-23-19(20)17(14(3)21-23)10-11-18(24)15-6-8-16(9-7-15)27(25,26)22(4)5/h6-11,13H,12H2,1-5H3/b11-10+. The van der Waals surface area contributed by atoms with Gasteiger partial charge >= 0.3 is 0 Å². The van der Waals surface area contributed by atoms with Crippen LogP contribution in [0, 0.1) is 12.8 Å². The minimum atomic E-state index is -3.52. The van der Waals surface area contributed by atoms with Crippen molar-refractivity contribution >= 4 is 33.5 Å². The van der Waals surface area contributed by atoms with E-state index >= 15 is 0 Å². The molecule has 1 heterocycles. The van der Waals surface area contributed by atoms with Gasteiger partial charge in [0.15, 0.2) is 5.78 Å². The van der Waals surface area contributed by atoms with Gasteiger partial charge in [-0.1, -0.05) is 25.4 Å². The van der Waals surface area contributed by atoms with Crippen LogP contribution in [0.5, 0.6) is 0 Å². The van der Waals surface area contributed by atoms with Gasteiger partial charge in [-0.25, -0.2) is 12.7 Å². The van der Waals surface area contributed by atoms with Crippen LogP contribution in [0.25, 0.3) is 6.08 Å². The van der Waals surface area contributed by atoms with Gasteiger partial charge in [-0.2, -0.15) is 5.10 Å². The minimum absolute atomic E-state index is 0.141. The maximum absolute atomic E-state index is 12.4. The summed E-state index contributed by atoms with van der Waals surface area (Å²) in [6.07, 6.45) is 3.07. The largest absolute Gasteiger partial charge is 0.289 e. The lowest BCUT2D eigenvalue weighted by molar-refractivity contribution is 0.104. The zero-order valence-corrected chi connectivity index (χ0v) is 17.7. The molecule has 0 saturated heterocycles. The molecule has 1 aromatic carbocycles. The number of halogens is 1. The van der Waals surface area contributed by atoms with E-state index in [1.165, 1.54) is 44.4 Å². The molecule has 1 aromatic heterocycles. The highest BCUT2D eigenvalue weighted by Gasteiger charge is 2.17. The summed E-state index contributed by atoms with van der Waals surface area (Å²) in [5, 5.41) is 4.90. The highest BCUT2D eigenvalue weighted by atomic mass is 35.5. The molecule has 8 heteroatoms. The Morgan fingerprint density at radius 1 is 1.26 bits per heavy atom. The lowest BCUT2D eigenvalue weighted by Crippen LogP contribution is -2.22. The lowest BCUT2D eigenvalue weighted by Gasteiger charge is -2.11. The van der Waals surface area contributed by atoms with Crippen molar-refractivity contribution in [1.29, 1.82) is 0 Å². The molecule has 2 rings (SSSR count). The Morgan fingerprint density at radius 2 is 1.85 bits per heavy atom. The van der Waals surface area contributed by atoms with Crippen molar-refractivity contribution in [3.05, 3.63) is 52.3 Å². The van der Waals surface area contributed by atoms with Crippen molar-refractivity contribution < 1.29 is 13.2 Å². The number of aryl methyl sites for hydroxylation is 1. The molecule has 0 radical (unpaired) electrons. The normalized spacial score (nSPS) is 12.4. The van der Waals surface area contributed by atoms with Crippen LogP contribution in [-0.2, 0) is 16.6 Å². The van der Waals surface area contributed by atoms with Crippen molar-refractivity contribution in [2.45, 2.75) is 32.2 Å². The molecule has 0 aliphatic rings. The van der Waals surface area contributed by atoms with E-state index < -0.39 is 10.0 Å². The van der Waals surface area contributed by atoms with Crippen LogP contribution in [0.4, 0.5) is 0 Å². The number of sulfonamides is 1. The number of ketones is 1. The second-order valence-corrected chi connectivity index (χ2v) is 9.39. The Kier molecular flexibility index (Phi) is 6.62. The van der Waals surface area contributed by atoms with Crippen molar-refractivity contribution in [1.82, 2.24) is 14.1 Å². The van der Waals surface area contributed by atoms with Gasteiger partial charge < -0.3 is 0 Å². The number of benzene rings is 1. The first kappa shape index (κ1) is 21.3. The summed E-state index contributed by atoms with van der Waals surface area (Å²) < 4.78 is 27.0. The Labute approximate surface area is 165 Å². The average Bonchev–Trinajstić information content (AvgIpc) is 2.85. The van der Waals surface area contributed by atoms with E-state index in [2.05, 4.69) is 18.9 Å². The van der Waals surface area contributed by atoms with E-state index in [4.69, 9.17) is 11.6 Å². The maximum Gasteiger partial charge on any atom is 0.242 e. The third kappa shape index (κ3) is 4.86. The summed E-state index contributed by atoms with van der Waals surface area (Å²) in [7, 11) is -0.596. The van der Waals surface area contributed by atoms with Crippen molar-refractivity contribution in [2.75, 3.05) is 14.1 Å². The first-order valence-electron chi connectivity index (χ1n) is 8.52. The van der Waals surface area contributed by atoms with Crippen molar-refractivity contribution in [2.24, 2.45) is 5.92 Å². The number of carbonyl (C=O) groups excluding carboxylic acids is 1. The SMILES string of the molecule is Cc1nn(CC(C)C)c(Cl)c1/C=C/C(=O)c1ccc(S(=O)(=O)N(C)C)cc1. The molecular formula is C19H24ClN3O3S. The van der Waals surface area contributed by atoms with Gasteiger partial charge in [0, 0.05) is 31.8 Å². The van der Waals surface area contributed by atoms with Crippen LogP contribution in [-0.4, -0.2) is 42.4 Å². The zero-order chi connectivity index (χ0) is 20.4. The number of hydrogen-bond acceptors (Lipinski definition) is 4. The Bertz CT molecular complexity index is 959. The molecule has 0 aliphatic heterocycles. The Hall–Kier alpha value is -1.96. The summed E-state index contributed by atoms with van der Waals surface area (Å²) in [5.41, 5.74) is 1.85. The Balaban J connectivity index is 2.22. The van der Waals surface area contributed by atoms with Crippen LogP contribution in [0.15, 0.2) is 35.2 Å². The number of nitrogens with zero attached hydrogens (tertiary/aromatic N) is 3. The van der Waals surface area contributed by atoms with E-state index in [-0.39, 0.29) is 10.7 Å². The quantitative estimate of drug-likeness (QED) is 0.517. The zero-order valence-electron chi connectivity index (χ0n) is 16.1. The summed E-state index contributed by atoms with van der Waals surface area (Å²) in [5.74, 6) is 0.160. The molecule has 0 saturated carbocycles.